The highest BCUT2D eigenvalue weighted by molar-refractivity contribution is 7.89. The van der Waals surface area contributed by atoms with Crippen molar-refractivity contribution in [1.29, 1.82) is 0 Å². The van der Waals surface area contributed by atoms with Crippen LogP contribution in [-0.2, 0) is 29.1 Å². The third-order valence-electron chi connectivity index (χ3n) is 5.75. The number of carbonyl (C=O) groups is 3. The molecule has 31 heavy (non-hydrogen) atoms. The number of sulfonamides is 1. The Kier molecular flexibility index (Phi) is 7.66. The Labute approximate surface area is 182 Å². The predicted octanol–water partition coefficient (Wildman–Crippen LogP) is 1.43. The molecule has 0 spiro atoms. The van der Waals surface area contributed by atoms with E-state index in [-0.39, 0.29) is 28.3 Å². The number of carbonyl (C=O) groups excluding carboxylic acids is 3. The smallest absolute Gasteiger partial charge is 0.340 e. The van der Waals surface area contributed by atoms with Gasteiger partial charge in [0.1, 0.15) is 0 Å². The van der Waals surface area contributed by atoms with Crippen molar-refractivity contribution in [2.75, 3.05) is 39.9 Å². The Morgan fingerprint density at radius 3 is 2.29 bits per heavy atom. The maximum atomic E-state index is 13.0. The van der Waals surface area contributed by atoms with Crippen molar-refractivity contribution in [1.82, 2.24) is 9.21 Å². The van der Waals surface area contributed by atoms with Crippen molar-refractivity contribution >= 4 is 27.9 Å². The van der Waals surface area contributed by atoms with Crippen molar-refractivity contribution < 1.29 is 32.3 Å². The molecule has 2 saturated heterocycles. The third-order valence-corrected chi connectivity index (χ3v) is 7.71. The van der Waals surface area contributed by atoms with Crippen LogP contribution in [0, 0.1) is 5.92 Å². The minimum absolute atomic E-state index is 0.0785. The average molecular weight is 453 g/mol. The van der Waals surface area contributed by atoms with Crippen LogP contribution in [0.2, 0.25) is 0 Å². The lowest BCUT2D eigenvalue weighted by atomic mass is 9.97. The van der Waals surface area contributed by atoms with Gasteiger partial charge in [-0.05, 0) is 37.8 Å². The van der Waals surface area contributed by atoms with Gasteiger partial charge in [0.05, 0.1) is 23.5 Å². The molecule has 0 N–H and O–H groups in total. The van der Waals surface area contributed by atoms with E-state index in [9.17, 15) is 22.8 Å². The Balaban J connectivity index is 1.61. The standard InChI is InChI=1S/C21H28N2O7S/c1-29-20(25)16-9-13-22(14-10-16)19(24)15-30-21(26)17-7-3-4-8-18(17)31(27,28)23-11-5-2-6-12-23/h3-4,7-8,16H,2,5-6,9-15H2,1H3. The molecular weight excluding hydrogens is 424 g/mol. The van der Waals surface area contributed by atoms with Gasteiger partial charge in [-0.3, -0.25) is 9.59 Å². The fourth-order valence-electron chi connectivity index (χ4n) is 3.93. The third kappa shape index (κ3) is 5.43. The minimum atomic E-state index is -3.82. The van der Waals surface area contributed by atoms with Gasteiger partial charge in [0.2, 0.25) is 10.0 Å². The largest absolute Gasteiger partial charge is 0.469 e. The van der Waals surface area contributed by atoms with E-state index in [1.54, 1.807) is 12.1 Å². The molecule has 2 fully saturated rings. The Hall–Kier alpha value is -2.46. The molecule has 0 atom stereocenters. The number of piperidine rings is 2. The normalized spacial score (nSPS) is 18.4. The molecule has 10 heteroatoms. The molecule has 0 aliphatic carbocycles. The lowest BCUT2D eigenvalue weighted by Crippen LogP contribution is -2.42. The molecule has 0 aromatic heterocycles. The first-order valence-corrected chi connectivity index (χ1v) is 11.9. The first-order chi connectivity index (χ1) is 14.8. The van der Waals surface area contributed by atoms with Crippen molar-refractivity contribution in [2.45, 2.75) is 37.0 Å². The van der Waals surface area contributed by atoms with Crippen LogP contribution in [0.15, 0.2) is 29.2 Å². The van der Waals surface area contributed by atoms with Crippen molar-refractivity contribution in [2.24, 2.45) is 5.92 Å². The first-order valence-electron chi connectivity index (χ1n) is 10.5. The van der Waals surface area contributed by atoms with Crippen LogP contribution in [-0.4, -0.2) is 75.4 Å². The zero-order valence-electron chi connectivity index (χ0n) is 17.6. The molecule has 170 valence electrons. The molecule has 0 unspecified atom stereocenters. The summed E-state index contributed by atoms with van der Waals surface area (Å²) in [7, 11) is -2.48. The fourth-order valence-corrected chi connectivity index (χ4v) is 5.63. The van der Waals surface area contributed by atoms with E-state index < -0.39 is 22.6 Å². The summed E-state index contributed by atoms with van der Waals surface area (Å²) < 4.78 is 37.3. The van der Waals surface area contributed by atoms with Gasteiger partial charge in [0.25, 0.3) is 5.91 Å². The lowest BCUT2D eigenvalue weighted by Gasteiger charge is -2.30. The van der Waals surface area contributed by atoms with Crippen molar-refractivity contribution in [3.63, 3.8) is 0 Å². The molecule has 2 aliphatic rings. The van der Waals surface area contributed by atoms with Gasteiger partial charge in [0.15, 0.2) is 6.61 Å². The maximum Gasteiger partial charge on any atom is 0.340 e. The van der Waals surface area contributed by atoms with Gasteiger partial charge in [-0.1, -0.05) is 18.6 Å². The number of ether oxygens (including phenoxy) is 2. The SMILES string of the molecule is COC(=O)C1CCN(C(=O)COC(=O)c2ccccc2S(=O)(=O)N2CCCCC2)CC1. The van der Waals surface area contributed by atoms with E-state index in [0.717, 1.165) is 19.3 Å². The Morgan fingerprint density at radius 2 is 1.65 bits per heavy atom. The van der Waals surface area contributed by atoms with Gasteiger partial charge in [-0.25, -0.2) is 13.2 Å². The van der Waals surface area contributed by atoms with Gasteiger partial charge in [0, 0.05) is 26.2 Å². The van der Waals surface area contributed by atoms with Crippen LogP contribution in [0.25, 0.3) is 0 Å². The number of nitrogens with zero attached hydrogens (tertiary/aromatic N) is 2. The second-order valence-electron chi connectivity index (χ2n) is 7.72. The summed E-state index contributed by atoms with van der Waals surface area (Å²) in [4.78, 5) is 38.1. The predicted molar refractivity (Wildman–Crippen MR) is 111 cm³/mol. The highest BCUT2D eigenvalue weighted by Gasteiger charge is 2.31. The van der Waals surface area contributed by atoms with E-state index >= 15 is 0 Å². The van der Waals surface area contributed by atoms with E-state index in [4.69, 9.17) is 9.47 Å². The minimum Gasteiger partial charge on any atom is -0.469 e. The molecule has 2 aliphatic heterocycles. The summed E-state index contributed by atoms with van der Waals surface area (Å²) in [5.41, 5.74) is -0.0785. The molecule has 1 aromatic carbocycles. The van der Waals surface area contributed by atoms with Gasteiger partial charge < -0.3 is 14.4 Å². The molecule has 2 heterocycles. The molecule has 0 bridgehead atoms. The summed E-state index contributed by atoms with van der Waals surface area (Å²) in [6, 6.07) is 5.90. The Morgan fingerprint density at radius 1 is 1.00 bits per heavy atom. The van der Waals surface area contributed by atoms with Crippen molar-refractivity contribution in [3.05, 3.63) is 29.8 Å². The Bertz CT molecular complexity index is 917. The number of esters is 2. The van der Waals surface area contributed by atoms with Crippen LogP contribution < -0.4 is 0 Å². The molecule has 1 aromatic rings. The summed E-state index contributed by atoms with van der Waals surface area (Å²) in [5.74, 6) is -1.75. The second kappa shape index (κ2) is 10.2. The first kappa shape index (κ1) is 23.2. The molecule has 3 rings (SSSR count). The lowest BCUT2D eigenvalue weighted by molar-refractivity contribution is -0.149. The topological polar surface area (TPSA) is 110 Å². The molecular formula is C21H28N2O7S. The van der Waals surface area contributed by atoms with Gasteiger partial charge in [-0.2, -0.15) is 4.31 Å². The zero-order chi connectivity index (χ0) is 22.4. The molecule has 9 nitrogen and oxygen atoms in total. The van der Waals surface area contributed by atoms with Gasteiger partial charge in [-0.15, -0.1) is 0 Å². The summed E-state index contributed by atoms with van der Waals surface area (Å²) in [6.07, 6.45) is 3.53. The zero-order valence-corrected chi connectivity index (χ0v) is 18.4. The summed E-state index contributed by atoms with van der Waals surface area (Å²) >= 11 is 0. The van der Waals surface area contributed by atoms with Crippen molar-refractivity contribution in [3.8, 4) is 0 Å². The monoisotopic (exact) mass is 452 g/mol. The number of hydrogen-bond acceptors (Lipinski definition) is 7. The summed E-state index contributed by atoms with van der Waals surface area (Å²) in [6.45, 7) is 1.10. The van der Waals surface area contributed by atoms with Gasteiger partial charge >= 0.3 is 11.9 Å². The highest BCUT2D eigenvalue weighted by Crippen LogP contribution is 2.24. The maximum absolute atomic E-state index is 13.0. The fraction of sp³-hybridized carbons (Fsp3) is 0.571. The number of benzene rings is 1. The van der Waals surface area contributed by atoms with E-state index in [1.165, 1.54) is 28.4 Å². The molecule has 1 amide bonds. The number of methoxy groups -OCH3 is 1. The molecule has 0 saturated carbocycles. The van der Waals surface area contributed by atoms with E-state index in [1.807, 2.05) is 0 Å². The quantitative estimate of drug-likeness (QED) is 0.601. The van der Waals surface area contributed by atoms with Crippen LogP contribution >= 0.6 is 0 Å². The highest BCUT2D eigenvalue weighted by atomic mass is 32.2. The average Bonchev–Trinajstić information content (AvgIpc) is 2.82. The number of likely N-dealkylation sites (tertiary alicyclic amines) is 1. The summed E-state index contributed by atoms with van der Waals surface area (Å²) in [5, 5.41) is 0. The van der Waals surface area contributed by atoms with E-state index in [0.29, 0.717) is 39.0 Å². The second-order valence-corrected chi connectivity index (χ2v) is 9.62. The molecule has 0 radical (unpaired) electrons. The van der Waals surface area contributed by atoms with Crippen LogP contribution in [0.5, 0.6) is 0 Å². The number of amides is 1. The van der Waals surface area contributed by atoms with E-state index in [2.05, 4.69) is 0 Å². The van der Waals surface area contributed by atoms with Crippen LogP contribution in [0.3, 0.4) is 0 Å². The van der Waals surface area contributed by atoms with Crippen LogP contribution in [0.4, 0.5) is 0 Å². The van der Waals surface area contributed by atoms with Crippen LogP contribution in [0.1, 0.15) is 42.5 Å². The number of hydrogen-bond donors (Lipinski definition) is 0. The number of rotatable bonds is 6.